The Balaban J connectivity index is 1.65. The average molecular weight is 461 g/mol. The molecule has 0 aromatic heterocycles. The number of halogens is 1. The molecule has 0 atom stereocenters. The van der Waals surface area contributed by atoms with E-state index >= 15 is 0 Å². The van der Waals surface area contributed by atoms with Crippen LogP contribution in [0.1, 0.15) is 17.5 Å². The summed E-state index contributed by atoms with van der Waals surface area (Å²) in [5, 5.41) is 0. The SMILES string of the molecule is Cc1cccc(S(=O)(=O)Nc2ccc3c(c2)CCCN3S(=O)(=O)c2ccc(F)cc2)c1. The van der Waals surface area contributed by atoms with E-state index in [0.29, 0.717) is 30.8 Å². The summed E-state index contributed by atoms with van der Waals surface area (Å²) < 4.78 is 68.7. The molecule has 0 unspecified atom stereocenters. The highest BCUT2D eigenvalue weighted by Crippen LogP contribution is 2.34. The molecule has 1 heterocycles. The summed E-state index contributed by atoms with van der Waals surface area (Å²) in [4.78, 5) is 0.164. The van der Waals surface area contributed by atoms with Gasteiger partial charge in [0.05, 0.1) is 15.5 Å². The van der Waals surface area contributed by atoms with Gasteiger partial charge in [0, 0.05) is 12.2 Å². The topological polar surface area (TPSA) is 83.6 Å². The second kappa shape index (κ2) is 7.97. The van der Waals surface area contributed by atoms with Crippen molar-refractivity contribution in [2.75, 3.05) is 15.6 Å². The molecule has 0 saturated heterocycles. The van der Waals surface area contributed by atoms with Crippen LogP contribution in [0.25, 0.3) is 0 Å². The normalized spacial score (nSPS) is 14.2. The van der Waals surface area contributed by atoms with E-state index in [4.69, 9.17) is 0 Å². The lowest BCUT2D eigenvalue weighted by Crippen LogP contribution is -2.35. The lowest BCUT2D eigenvalue weighted by atomic mass is 10.0. The van der Waals surface area contributed by atoms with Crippen molar-refractivity contribution in [2.24, 2.45) is 0 Å². The fourth-order valence-corrected chi connectivity index (χ4v) is 6.30. The Bertz CT molecular complexity index is 1340. The van der Waals surface area contributed by atoms with Gasteiger partial charge in [0.2, 0.25) is 0 Å². The number of fused-ring (bicyclic) bond motifs is 1. The summed E-state index contributed by atoms with van der Waals surface area (Å²) in [6.45, 7) is 2.11. The molecule has 31 heavy (non-hydrogen) atoms. The first-order chi connectivity index (χ1) is 14.7. The minimum atomic E-state index is -3.86. The summed E-state index contributed by atoms with van der Waals surface area (Å²) in [5.74, 6) is -0.511. The number of nitrogens with one attached hydrogen (secondary N) is 1. The smallest absolute Gasteiger partial charge is 0.264 e. The first kappa shape index (κ1) is 21.3. The highest BCUT2D eigenvalue weighted by atomic mass is 32.2. The number of anilines is 2. The molecule has 0 fully saturated rings. The van der Waals surface area contributed by atoms with E-state index in [1.54, 1.807) is 30.3 Å². The van der Waals surface area contributed by atoms with Crippen molar-refractivity contribution < 1.29 is 21.2 Å². The number of rotatable bonds is 5. The second-order valence-corrected chi connectivity index (χ2v) is 10.9. The first-order valence-electron chi connectivity index (χ1n) is 9.67. The lowest BCUT2D eigenvalue weighted by molar-refractivity contribution is 0.585. The zero-order valence-electron chi connectivity index (χ0n) is 16.7. The Morgan fingerprint density at radius 3 is 2.35 bits per heavy atom. The largest absolute Gasteiger partial charge is 0.280 e. The van der Waals surface area contributed by atoms with Gasteiger partial charge >= 0.3 is 0 Å². The van der Waals surface area contributed by atoms with Crippen LogP contribution in [0.5, 0.6) is 0 Å². The van der Waals surface area contributed by atoms with E-state index in [1.165, 1.54) is 22.5 Å². The fraction of sp³-hybridized carbons (Fsp3) is 0.182. The van der Waals surface area contributed by atoms with Gasteiger partial charge in [-0.3, -0.25) is 9.03 Å². The number of nitrogens with zero attached hydrogens (tertiary/aromatic N) is 1. The molecular formula is C22H21FN2O4S2. The van der Waals surface area contributed by atoms with Gasteiger partial charge in [-0.15, -0.1) is 0 Å². The van der Waals surface area contributed by atoms with Gasteiger partial charge in [-0.1, -0.05) is 12.1 Å². The summed E-state index contributed by atoms with van der Waals surface area (Å²) >= 11 is 0. The van der Waals surface area contributed by atoms with E-state index in [-0.39, 0.29) is 9.79 Å². The van der Waals surface area contributed by atoms with Crippen molar-refractivity contribution in [1.29, 1.82) is 0 Å². The third kappa shape index (κ3) is 4.28. The molecule has 9 heteroatoms. The Morgan fingerprint density at radius 2 is 1.65 bits per heavy atom. The minimum Gasteiger partial charge on any atom is -0.280 e. The monoisotopic (exact) mass is 460 g/mol. The Morgan fingerprint density at radius 1 is 0.903 bits per heavy atom. The minimum absolute atomic E-state index is 0.00553. The summed E-state index contributed by atoms with van der Waals surface area (Å²) in [7, 11) is -7.63. The van der Waals surface area contributed by atoms with Crippen LogP contribution in [-0.4, -0.2) is 23.4 Å². The molecule has 162 valence electrons. The average Bonchev–Trinajstić information content (AvgIpc) is 2.73. The molecule has 0 bridgehead atoms. The Kier molecular flexibility index (Phi) is 5.49. The van der Waals surface area contributed by atoms with Crippen molar-refractivity contribution in [1.82, 2.24) is 0 Å². The van der Waals surface area contributed by atoms with Gasteiger partial charge in [-0.2, -0.15) is 0 Å². The van der Waals surface area contributed by atoms with Crippen molar-refractivity contribution in [3.8, 4) is 0 Å². The third-order valence-electron chi connectivity index (χ3n) is 5.11. The zero-order valence-corrected chi connectivity index (χ0v) is 18.4. The second-order valence-electron chi connectivity index (χ2n) is 7.40. The van der Waals surface area contributed by atoms with Crippen molar-refractivity contribution in [3.63, 3.8) is 0 Å². The first-order valence-corrected chi connectivity index (χ1v) is 12.6. The van der Waals surface area contributed by atoms with E-state index < -0.39 is 25.9 Å². The molecule has 1 aliphatic heterocycles. The maximum absolute atomic E-state index is 13.2. The van der Waals surface area contributed by atoms with Crippen molar-refractivity contribution in [3.05, 3.63) is 83.7 Å². The molecule has 1 aliphatic rings. The predicted octanol–water partition coefficient (Wildman–Crippen LogP) is 4.08. The molecule has 0 radical (unpaired) electrons. The molecule has 3 aromatic rings. The molecule has 6 nitrogen and oxygen atoms in total. The van der Waals surface area contributed by atoms with Crippen LogP contribution in [0.2, 0.25) is 0 Å². The van der Waals surface area contributed by atoms with Gasteiger partial charge in [0.15, 0.2) is 0 Å². The number of sulfonamides is 2. The molecular weight excluding hydrogens is 439 g/mol. The molecule has 4 rings (SSSR count). The maximum atomic E-state index is 13.2. The molecule has 3 aromatic carbocycles. The predicted molar refractivity (Wildman–Crippen MR) is 118 cm³/mol. The van der Waals surface area contributed by atoms with Gasteiger partial charge in [-0.25, -0.2) is 21.2 Å². The summed E-state index contributed by atoms with van der Waals surface area (Å²) in [6, 6.07) is 16.1. The van der Waals surface area contributed by atoms with Crippen molar-refractivity contribution in [2.45, 2.75) is 29.6 Å². The number of benzene rings is 3. The van der Waals surface area contributed by atoms with Crippen LogP contribution < -0.4 is 9.03 Å². The van der Waals surface area contributed by atoms with Crippen LogP contribution >= 0.6 is 0 Å². The highest BCUT2D eigenvalue weighted by Gasteiger charge is 2.29. The molecule has 1 N–H and O–H groups in total. The third-order valence-corrected chi connectivity index (χ3v) is 8.32. The quantitative estimate of drug-likeness (QED) is 0.622. The van der Waals surface area contributed by atoms with Crippen LogP contribution in [-0.2, 0) is 26.5 Å². The van der Waals surface area contributed by atoms with Gasteiger partial charge in [-0.05, 0) is 85.5 Å². The highest BCUT2D eigenvalue weighted by molar-refractivity contribution is 7.93. The number of aryl methyl sites for hydroxylation is 2. The summed E-state index contributed by atoms with van der Waals surface area (Å²) in [5.41, 5.74) is 2.41. The van der Waals surface area contributed by atoms with Crippen molar-refractivity contribution >= 4 is 31.4 Å². The van der Waals surface area contributed by atoms with Gasteiger partial charge < -0.3 is 0 Å². The van der Waals surface area contributed by atoms with Gasteiger partial charge in [0.25, 0.3) is 20.0 Å². The molecule has 0 saturated carbocycles. The Labute approximate surface area is 181 Å². The van der Waals surface area contributed by atoms with E-state index in [1.807, 2.05) is 13.0 Å². The zero-order chi connectivity index (χ0) is 22.2. The lowest BCUT2D eigenvalue weighted by Gasteiger charge is -2.31. The van der Waals surface area contributed by atoms with Gasteiger partial charge in [0.1, 0.15) is 5.82 Å². The number of hydrogen-bond acceptors (Lipinski definition) is 4. The number of hydrogen-bond donors (Lipinski definition) is 1. The van der Waals surface area contributed by atoms with E-state index in [9.17, 15) is 21.2 Å². The molecule has 0 aliphatic carbocycles. The van der Waals surface area contributed by atoms with E-state index in [2.05, 4.69) is 4.72 Å². The summed E-state index contributed by atoms with van der Waals surface area (Å²) in [6.07, 6.45) is 1.20. The molecule has 0 amide bonds. The standard InChI is InChI=1S/C22H21FN2O4S2/c1-16-4-2-6-21(14-16)30(26,27)24-19-9-12-22-17(15-19)5-3-13-25(22)31(28,29)20-10-7-18(23)8-11-20/h2,4,6-12,14-15,24H,3,5,13H2,1H3. The van der Waals surface area contributed by atoms with Crippen LogP contribution in [0.4, 0.5) is 15.8 Å². The van der Waals surface area contributed by atoms with E-state index in [0.717, 1.165) is 23.3 Å². The fourth-order valence-electron chi connectivity index (χ4n) is 3.61. The van der Waals surface area contributed by atoms with Crippen LogP contribution in [0.15, 0.2) is 76.5 Å². The van der Waals surface area contributed by atoms with Crippen LogP contribution in [0.3, 0.4) is 0 Å². The van der Waals surface area contributed by atoms with Crippen LogP contribution in [0, 0.1) is 12.7 Å². The maximum Gasteiger partial charge on any atom is 0.264 e. The molecule has 0 spiro atoms. The Hall–Kier alpha value is -2.91.